The maximum atomic E-state index is 12.9. The summed E-state index contributed by atoms with van der Waals surface area (Å²) < 4.78 is 23.5. The highest BCUT2D eigenvalue weighted by Gasteiger charge is 2.27. The molecule has 3 rings (SSSR count). The Morgan fingerprint density at radius 2 is 1.69 bits per heavy atom. The molecule has 0 aliphatic carbocycles. The Kier molecular flexibility index (Phi) is 3.03. The second-order valence-corrected chi connectivity index (χ2v) is 3.93. The fraction of sp³-hybridized carbons (Fsp3) is 0.538. The predicted molar refractivity (Wildman–Crippen MR) is 60.8 cm³/mol. The molecular weight excluding hydrogens is 207 g/mol. The van der Waals surface area contributed by atoms with Gasteiger partial charge in [-0.05, 0) is 18.6 Å². The van der Waals surface area contributed by atoms with Gasteiger partial charge in [-0.25, -0.2) is 4.39 Å². The SMILES string of the molecule is CC.CC1Cc2cc3c(cc2O1)OC(F)C3. The molecule has 2 unspecified atom stereocenters. The molecule has 0 saturated carbocycles. The van der Waals surface area contributed by atoms with Gasteiger partial charge in [-0.1, -0.05) is 13.8 Å². The minimum atomic E-state index is -1.18. The van der Waals surface area contributed by atoms with E-state index < -0.39 is 6.36 Å². The highest BCUT2D eigenvalue weighted by atomic mass is 19.1. The summed E-state index contributed by atoms with van der Waals surface area (Å²) in [5, 5.41) is 0. The zero-order valence-electron chi connectivity index (χ0n) is 9.92. The maximum Gasteiger partial charge on any atom is 0.242 e. The molecule has 2 heterocycles. The minimum Gasteiger partial charge on any atom is -0.490 e. The molecule has 2 aliphatic rings. The van der Waals surface area contributed by atoms with E-state index in [0.717, 1.165) is 17.7 Å². The fourth-order valence-electron chi connectivity index (χ4n) is 2.12. The first-order valence-corrected chi connectivity index (χ1v) is 5.85. The third kappa shape index (κ3) is 1.86. The summed E-state index contributed by atoms with van der Waals surface area (Å²) in [6, 6.07) is 3.82. The fourth-order valence-corrected chi connectivity index (χ4v) is 2.12. The maximum absolute atomic E-state index is 12.9. The van der Waals surface area contributed by atoms with E-state index in [1.54, 1.807) is 0 Å². The quantitative estimate of drug-likeness (QED) is 0.673. The average molecular weight is 224 g/mol. The van der Waals surface area contributed by atoms with Crippen molar-refractivity contribution in [3.8, 4) is 11.5 Å². The predicted octanol–water partition coefficient (Wildman–Crippen LogP) is 3.27. The summed E-state index contributed by atoms with van der Waals surface area (Å²) in [6.45, 7) is 6.03. The van der Waals surface area contributed by atoms with Gasteiger partial charge < -0.3 is 9.47 Å². The number of halogens is 1. The summed E-state index contributed by atoms with van der Waals surface area (Å²) in [5.74, 6) is 1.50. The van der Waals surface area contributed by atoms with E-state index in [1.165, 1.54) is 5.56 Å². The van der Waals surface area contributed by atoms with E-state index in [4.69, 9.17) is 9.47 Å². The lowest BCUT2D eigenvalue weighted by Gasteiger charge is -2.04. The summed E-state index contributed by atoms with van der Waals surface area (Å²) in [5.41, 5.74) is 2.14. The molecule has 2 atom stereocenters. The minimum absolute atomic E-state index is 0.230. The molecule has 16 heavy (non-hydrogen) atoms. The average Bonchev–Trinajstić information content (AvgIpc) is 2.76. The van der Waals surface area contributed by atoms with Crippen LogP contribution in [0.3, 0.4) is 0 Å². The summed E-state index contributed by atoms with van der Waals surface area (Å²) in [7, 11) is 0. The van der Waals surface area contributed by atoms with Gasteiger partial charge in [0.1, 0.15) is 17.6 Å². The molecule has 0 bridgehead atoms. The highest BCUT2D eigenvalue weighted by molar-refractivity contribution is 5.50. The van der Waals surface area contributed by atoms with Crippen molar-refractivity contribution >= 4 is 0 Å². The van der Waals surface area contributed by atoms with Gasteiger partial charge in [0.2, 0.25) is 6.36 Å². The van der Waals surface area contributed by atoms with E-state index in [2.05, 4.69) is 0 Å². The number of ether oxygens (including phenoxy) is 2. The zero-order valence-corrected chi connectivity index (χ0v) is 9.92. The smallest absolute Gasteiger partial charge is 0.242 e. The van der Waals surface area contributed by atoms with Gasteiger partial charge in [0.05, 0.1) is 0 Å². The number of benzene rings is 1. The van der Waals surface area contributed by atoms with E-state index in [9.17, 15) is 4.39 Å². The molecule has 3 heteroatoms. The van der Waals surface area contributed by atoms with Crippen LogP contribution in [0.4, 0.5) is 4.39 Å². The Morgan fingerprint density at radius 3 is 2.44 bits per heavy atom. The van der Waals surface area contributed by atoms with Crippen molar-refractivity contribution < 1.29 is 13.9 Å². The molecule has 2 nitrogen and oxygen atoms in total. The van der Waals surface area contributed by atoms with Crippen LogP contribution in [0, 0.1) is 0 Å². The van der Waals surface area contributed by atoms with E-state index in [-0.39, 0.29) is 6.10 Å². The molecule has 1 aromatic rings. The van der Waals surface area contributed by atoms with Gasteiger partial charge >= 0.3 is 0 Å². The van der Waals surface area contributed by atoms with E-state index in [1.807, 2.05) is 32.9 Å². The molecule has 0 aromatic heterocycles. The lowest BCUT2D eigenvalue weighted by molar-refractivity contribution is 0.0908. The van der Waals surface area contributed by atoms with Gasteiger partial charge in [-0.15, -0.1) is 0 Å². The molecule has 2 aliphatic heterocycles. The molecular formula is C13H17FO2. The first kappa shape index (κ1) is 11.2. The van der Waals surface area contributed by atoms with Crippen LogP contribution in [0.2, 0.25) is 0 Å². The molecule has 0 saturated heterocycles. The summed E-state index contributed by atoms with van der Waals surface area (Å²) >= 11 is 0. The lowest BCUT2D eigenvalue weighted by atomic mass is 10.1. The monoisotopic (exact) mass is 224 g/mol. The van der Waals surface area contributed by atoms with Gasteiger partial charge in [0, 0.05) is 24.5 Å². The summed E-state index contributed by atoms with van der Waals surface area (Å²) in [4.78, 5) is 0. The molecule has 0 amide bonds. The van der Waals surface area contributed by atoms with Crippen molar-refractivity contribution in [1.82, 2.24) is 0 Å². The Bertz CT molecular complexity index is 322. The first-order chi connectivity index (χ1) is 7.72. The number of rotatable bonds is 0. The van der Waals surface area contributed by atoms with Crippen molar-refractivity contribution in [1.29, 1.82) is 0 Å². The van der Waals surface area contributed by atoms with Crippen molar-refractivity contribution in [3.63, 3.8) is 0 Å². The van der Waals surface area contributed by atoms with Crippen molar-refractivity contribution in [2.24, 2.45) is 0 Å². The van der Waals surface area contributed by atoms with Crippen molar-refractivity contribution in [2.45, 2.75) is 46.1 Å². The van der Waals surface area contributed by atoms with Crippen LogP contribution >= 0.6 is 0 Å². The van der Waals surface area contributed by atoms with Crippen LogP contribution in [0.1, 0.15) is 31.9 Å². The molecule has 0 N–H and O–H groups in total. The second-order valence-electron chi connectivity index (χ2n) is 3.93. The molecule has 0 spiro atoms. The standard InChI is InChI=1S/C11H11FO2.C2H6/c1-6-2-7-3-8-4-11(12)14-10(8)5-9(7)13-6;1-2/h3,5-6,11H,2,4H2,1H3;1-2H3. The highest BCUT2D eigenvalue weighted by Crippen LogP contribution is 2.39. The number of hydrogen-bond acceptors (Lipinski definition) is 2. The summed E-state index contributed by atoms with van der Waals surface area (Å²) in [6.07, 6.45) is 0.343. The number of alkyl halides is 1. The van der Waals surface area contributed by atoms with Gasteiger partial charge in [0.15, 0.2) is 0 Å². The van der Waals surface area contributed by atoms with Crippen LogP contribution in [0.15, 0.2) is 12.1 Å². The van der Waals surface area contributed by atoms with Crippen LogP contribution in [0.5, 0.6) is 11.5 Å². The lowest BCUT2D eigenvalue weighted by Crippen LogP contribution is -2.05. The Balaban J connectivity index is 0.000000457. The van der Waals surface area contributed by atoms with Crippen LogP contribution < -0.4 is 9.47 Å². The largest absolute Gasteiger partial charge is 0.490 e. The first-order valence-electron chi connectivity index (χ1n) is 5.85. The van der Waals surface area contributed by atoms with E-state index in [0.29, 0.717) is 12.2 Å². The van der Waals surface area contributed by atoms with Crippen molar-refractivity contribution in [2.75, 3.05) is 0 Å². The molecule has 88 valence electrons. The number of hydrogen-bond donors (Lipinski definition) is 0. The van der Waals surface area contributed by atoms with Gasteiger partial charge in [0.25, 0.3) is 0 Å². The Morgan fingerprint density at radius 1 is 1.06 bits per heavy atom. The van der Waals surface area contributed by atoms with Crippen LogP contribution in [-0.4, -0.2) is 12.5 Å². The second kappa shape index (κ2) is 4.32. The topological polar surface area (TPSA) is 18.5 Å². The van der Waals surface area contributed by atoms with Gasteiger partial charge in [-0.3, -0.25) is 0 Å². The van der Waals surface area contributed by atoms with Crippen LogP contribution in [-0.2, 0) is 12.8 Å². The van der Waals surface area contributed by atoms with Gasteiger partial charge in [-0.2, -0.15) is 0 Å². The Labute approximate surface area is 95.4 Å². The zero-order chi connectivity index (χ0) is 11.7. The number of fused-ring (bicyclic) bond motifs is 2. The Hall–Kier alpha value is -1.25. The van der Waals surface area contributed by atoms with Crippen molar-refractivity contribution in [3.05, 3.63) is 23.3 Å². The molecule has 1 aromatic carbocycles. The van der Waals surface area contributed by atoms with Crippen LogP contribution in [0.25, 0.3) is 0 Å². The van der Waals surface area contributed by atoms with E-state index >= 15 is 0 Å². The molecule has 0 radical (unpaired) electrons. The third-order valence-corrected chi connectivity index (χ3v) is 2.71. The third-order valence-electron chi connectivity index (χ3n) is 2.71. The normalized spacial score (nSPS) is 24.8. The molecule has 0 fully saturated rings.